The van der Waals surface area contributed by atoms with Crippen LogP contribution in [0.15, 0.2) is 54.6 Å². The number of fused-ring (bicyclic) bond motifs is 1. The van der Waals surface area contributed by atoms with E-state index in [-0.39, 0.29) is 11.1 Å². The van der Waals surface area contributed by atoms with Gasteiger partial charge in [-0.15, -0.1) is 0 Å². The van der Waals surface area contributed by atoms with E-state index in [1.54, 1.807) is 48.5 Å². The first-order valence-electron chi connectivity index (χ1n) is 5.77. The van der Waals surface area contributed by atoms with Crippen molar-refractivity contribution in [2.45, 2.75) is 0 Å². The molecule has 0 saturated heterocycles. The van der Waals surface area contributed by atoms with Gasteiger partial charge in [0.15, 0.2) is 0 Å². The number of anilines is 1. The molecule has 2 amide bonds. The molecule has 4 heteroatoms. The molecule has 0 atom stereocenters. The highest BCUT2D eigenvalue weighted by atomic mass is 16.2. The zero-order valence-electron chi connectivity index (χ0n) is 9.87. The Morgan fingerprint density at radius 2 is 1.21 bits per heavy atom. The summed E-state index contributed by atoms with van der Waals surface area (Å²) >= 11 is 0. The second-order valence-corrected chi connectivity index (χ2v) is 4.16. The van der Waals surface area contributed by atoms with Gasteiger partial charge in [-0.2, -0.15) is 0 Å². The summed E-state index contributed by atoms with van der Waals surface area (Å²) in [6.45, 7) is 0. The molecule has 1 aliphatic heterocycles. The van der Waals surface area contributed by atoms with Crippen LogP contribution >= 0.6 is 0 Å². The van der Waals surface area contributed by atoms with E-state index in [9.17, 15) is 14.4 Å². The molecule has 2 aromatic rings. The number of benzene rings is 2. The Labute approximate surface area is 109 Å². The normalized spacial score (nSPS) is 14.5. The lowest BCUT2D eigenvalue weighted by Gasteiger charge is -2.25. The minimum absolute atomic E-state index is 0.171. The minimum Gasteiger partial charge on any atom is -0.283 e. The predicted molar refractivity (Wildman–Crippen MR) is 69.0 cm³/mol. The van der Waals surface area contributed by atoms with E-state index in [0.29, 0.717) is 5.69 Å². The zero-order valence-corrected chi connectivity index (χ0v) is 9.87. The quantitative estimate of drug-likeness (QED) is 0.575. The van der Waals surface area contributed by atoms with E-state index in [2.05, 4.69) is 0 Å². The molecule has 92 valence electrons. The van der Waals surface area contributed by atoms with Crippen LogP contribution in [0, 0.1) is 0 Å². The predicted octanol–water partition coefficient (Wildman–Crippen LogP) is 2.06. The minimum atomic E-state index is -0.810. The number of ketones is 1. The van der Waals surface area contributed by atoms with Gasteiger partial charge < -0.3 is 0 Å². The summed E-state index contributed by atoms with van der Waals surface area (Å²) in [6.07, 6.45) is 0. The summed E-state index contributed by atoms with van der Waals surface area (Å²) in [5.41, 5.74) is 0.834. The Balaban J connectivity index is 2.18. The summed E-state index contributed by atoms with van der Waals surface area (Å²) in [5, 5.41) is 0. The van der Waals surface area contributed by atoms with Crippen LogP contribution < -0.4 is 4.90 Å². The Morgan fingerprint density at radius 3 is 1.89 bits per heavy atom. The van der Waals surface area contributed by atoms with Crippen LogP contribution in [0.3, 0.4) is 0 Å². The van der Waals surface area contributed by atoms with Crippen molar-refractivity contribution in [2.24, 2.45) is 0 Å². The van der Waals surface area contributed by atoms with Crippen molar-refractivity contribution in [1.29, 1.82) is 0 Å². The topological polar surface area (TPSA) is 54.5 Å². The van der Waals surface area contributed by atoms with Gasteiger partial charge in [-0.25, -0.2) is 4.90 Å². The molecule has 0 radical (unpaired) electrons. The van der Waals surface area contributed by atoms with Crippen molar-refractivity contribution >= 4 is 23.3 Å². The molecule has 3 rings (SSSR count). The lowest BCUT2D eigenvalue weighted by Crippen LogP contribution is -2.46. The Kier molecular flexibility index (Phi) is 2.49. The van der Waals surface area contributed by atoms with E-state index in [1.165, 1.54) is 6.07 Å². The Bertz CT molecular complexity index is 692. The van der Waals surface area contributed by atoms with Crippen LogP contribution in [0.4, 0.5) is 5.69 Å². The molecular weight excluding hydrogens is 242 g/mol. The van der Waals surface area contributed by atoms with Gasteiger partial charge in [0.25, 0.3) is 11.7 Å². The van der Waals surface area contributed by atoms with Gasteiger partial charge in [-0.1, -0.05) is 36.4 Å². The average Bonchev–Trinajstić information content (AvgIpc) is 2.46. The first-order valence-corrected chi connectivity index (χ1v) is 5.77. The molecule has 1 heterocycles. The maximum atomic E-state index is 12.3. The second-order valence-electron chi connectivity index (χ2n) is 4.16. The molecule has 0 N–H and O–H groups in total. The van der Waals surface area contributed by atoms with Crippen LogP contribution in [-0.4, -0.2) is 17.6 Å². The van der Waals surface area contributed by atoms with E-state index < -0.39 is 17.6 Å². The first kappa shape index (κ1) is 11.3. The van der Waals surface area contributed by atoms with Crippen molar-refractivity contribution in [1.82, 2.24) is 0 Å². The number of Topliss-reactive ketones (excluding diaryl/α,β-unsaturated/α-hetero) is 1. The lowest BCUT2D eigenvalue weighted by atomic mass is 9.97. The molecular formula is C15H9NO3. The maximum absolute atomic E-state index is 12.3. The molecule has 0 saturated carbocycles. The third-order valence-electron chi connectivity index (χ3n) is 3.02. The highest BCUT2D eigenvalue weighted by Gasteiger charge is 2.38. The van der Waals surface area contributed by atoms with Crippen LogP contribution in [-0.2, 0) is 4.79 Å². The number of nitrogens with zero attached hydrogens (tertiary/aromatic N) is 1. The number of carbonyl (C=O) groups excluding carboxylic acids is 3. The number of imide groups is 1. The Morgan fingerprint density at radius 1 is 0.632 bits per heavy atom. The summed E-state index contributed by atoms with van der Waals surface area (Å²) < 4.78 is 0. The van der Waals surface area contributed by atoms with Gasteiger partial charge in [0.2, 0.25) is 0 Å². The van der Waals surface area contributed by atoms with Crippen LogP contribution in [0.5, 0.6) is 0 Å². The highest BCUT2D eigenvalue weighted by molar-refractivity contribution is 6.55. The summed E-state index contributed by atoms with van der Waals surface area (Å²) in [5.74, 6) is -1.93. The van der Waals surface area contributed by atoms with E-state index in [4.69, 9.17) is 0 Å². The van der Waals surface area contributed by atoms with E-state index >= 15 is 0 Å². The van der Waals surface area contributed by atoms with Gasteiger partial charge in [-0.3, -0.25) is 14.4 Å². The number of hydrogen-bond acceptors (Lipinski definition) is 3. The van der Waals surface area contributed by atoms with Gasteiger partial charge in [-0.05, 0) is 18.2 Å². The van der Waals surface area contributed by atoms with Crippen LogP contribution in [0.1, 0.15) is 20.7 Å². The van der Waals surface area contributed by atoms with Crippen molar-refractivity contribution in [3.05, 3.63) is 65.7 Å². The molecule has 0 aromatic heterocycles. The number of para-hydroxylation sites is 1. The standard InChI is InChI=1S/C15H9NO3/c17-13-11-8-4-5-9-12(11)14(18)16(15(13)19)10-6-2-1-3-7-10/h1-9H. The molecule has 0 unspecified atom stereocenters. The van der Waals surface area contributed by atoms with Crippen molar-refractivity contribution in [3.8, 4) is 0 Å². The largest absolute Gasteiger partial charge is 0.306 e. The van der Waals surface area contributed by atoms with E-state index in [0.717, 1.165) is 4.90 Å². The van der Waals surface area contributed by atoms with Crippen molar-refractivity contribution < 1.29 is 14.4 Å². The van der Waals surface area contributed by atoms with Gasteiger partial charge >= 0.3 is 5.91 Å². The average molecular weight is 251 g/mol. The summed E-state index contributed by atoms with van der Waals surface area (Å²) in [7, 11) is 0. The third kappa shape index (κ3) is 1.65. The molecule has 19 heavy (non-hydrogen) atoms. The molecule has 0 spiro atoms. The Hall–Kier alpha value is -2.75. The van der Waals surface area contributed by atoms with Gasteiger partial charge in [0.1, 0.15) is 0 Å². The van der Waals surface area contributed by atoms with Crippen molar-refractivity contribution in [2.75, 3.05) is 4.90 Å². The summed E-state index contributed by atoms with van der Waals surface area (Å²) in [4.78, 5) is 37.3. The maximum Gasteiger partial charge on any atom is 0.306 e. The smallest absolute Gasteiger partial charge is 0.283 e. The van der Waals surface area contributed by atoms with Crippen molar-refractivity contribution in [3.63, 3.8) is 0 Å². The zero-order chi connectivity index (χ0) is 13.4. The second kappa shape index (κ2) is 4.17. The van der Waals surface area contributed by atoms with E-state index in [1.807, 2.05) is 0 Å². The number of hydrogen-bond donors (Lipinski definition) is 0. The number of amides is 2. The SMILES string of the molecule is O=C1C(=O)N(c2ccccc2)C(=O)c2ccccc21. The van der Waals surface area contributed by atoms with Gasteiger partial charge in [0.05, 0.1) is 11.3 Å². The third-order valence-corrected chi connectivity index (χ3v) is 3.02. The first-order chi connectivity index (χ1) is 9.20. The molecule has 0 aliphatic carbocycles. The molecule has 0 fully saturated rings. The molecule has 0 bridgehead atoms. The van der Waals surface area contributed by atoms with Crippen LogP contribution in [0.2, 0.25) is 0 Å². The highest BCUT2D eigenvalue weighted by Crippen LogP contribution is 2.24. The molecule has 1 aliphatic rings. The number of rotatable bonds is 1. The van der Waals surface area contributed by atoms with Crippen LogP contribution in [0.25, 0.3) is 0 Å². The lowest BCUT2D eigenvalue weighted by molar-refractivity contribution is -0.114. The summed E-state index contributed by atoms with van der Waals surface area (Å²) in [6, 6.07) is 14.8. The fourth-order valence-electron chi connectivity index (χ4n) is 2.11. The number of carbonyl (C=O) groups is 3. The fraction of sp³-hybridized carbons (Fsp3) is 0. The molecule has 4 nitrogen and oxygen atoms in total. The fourth-order valence-corrected chi connectivity index (χ4v) is 2.11. The van der Waals surface area contributed by atoms with Gasteiger partial charge in [0, 0.05) is 5.56 Å². The molecule has 2 aromatic carbocycles. The monoisotopic (exact) mass is 251 g/mol.